The van der Waals surface area contributed by atoms with Gasteiger partial charge >= 0.3 is 11.9 Å². The van der Waals surface area contributed by atoms with Crippen LogP contribution in [0.15, 0.2) is 60.7 Å². The summed E-state index contributed by atoms with van der Waals surface area (Å²) in [4.78, 5) is 24.6. The van der Waals surface area contributed by atoms with Crippen molar-refractivity contribution in [2.75, 3.05) is 6.61 Å². The Morgan fingerprint density at radius 2 is 1.63 bits per heavy atom. The lowest BCUT2D eigenvalue weighted by atomic mass is 10.1. The summed E-state index contributed by atoms with van der Waals surface area (Å²) in [5, 5.41) is 8.00. The van der Waals surface area contributed by atoms with Crippen LogP contribution in [0.5, 0.6) is 5.75 Å². The Kier molecular flexibility index (Phi) is 5.56. The van der Waals surface area contributed by atoms with Gasteiger partial charge in [-0.25, -0.2) is 9.59 Å². The van der Waals surface area contributed by atoms with Gasteiger partial charge in [-0.1, -0.05) is 48.0 Å². The zero-order valence-electron chi connectivity index (χ0n) is 15.0. The van der Waals surface area contributed by atoms with Crippen molar-refractivity contribution in [2.24, 2.45) is 0 Å². The molecule has 6 heteroatoms. The molecule has 3 aromatic rings. The predicted octanol–water partition coefficient (Wildman–Crippen LogP) is 3.85. The summed E-state index contributed by atoms with van der Waals surface area (Å²) in [7, 11) is 0. The molecule has 3 rings (SSSR count). The molecule has 0 amide bonds. The number of hydrogen-bond donors (Lipinski definition) is 0. The van der Waals surface area contributed by atoms with Crippen LogP contribution >= 0.6 is 0 Å². The third-order valence-electron chi connectivity index (χ3n) is 3.79. The highest BCUT2D eigenvalue weighted by atomic mass is 16.5. The molecule has 1 aromatic heterocycles. The number of carbonyl (C=O) groups is 2. The number of aryl methyl sites for hydroxylation is 1. The molecule has 27 heavy (non-hydrogen) atoms. The molecule has 0 spiro atoms. The highest BCUT2D eigenvalue weighted by molar-refractivity contribution is 5.95. The number of nitrogens with zero attached hydrogens (tertiary/aromatic N) is 2. The highest BCUT2D eigenvalue weighted by Crippen LogP contribution is 2.25. The second-order valence-electron chi connectivity index (χ2n) is 5.78. The second kappa shape index (κ2) is 8.23. The monoisotopic (exact) mass is 362 g/mol. The van der Waals surface area contributed by atoms with E-state index in [1.807, 2.05) is 49.4 Å². The fraction of sp³-hybridized carbons (Fsp3) is 0.143. The maximum absolute atomic E-state index is 12.5. The lowest BCUT2D eigenvalue weighted by molar-refractivity contribution is 0.0511. The minimum atomic E-state index is -0.698. The minimum absolute atomic E-state index is 0.00729. The summed E-state index contributed by atoms with van der Waals surface area (Å²) in [5.74, 6) is -1.28. The number of rotatable bonds is 5. The van der Waals surface area contributed by atoms with Gasteiger partial charge in [0.1, 0.15) is 0 Å². The van der Waals surface area contributed by atoms with E-state index >= 15 is 0 Å². The van der Waals surface area contributed by atoms with Crippen LogP contribution in [-0.2, 0) is 4.74 Å². The third kappa shape index (κ3) is 4.36. The van der Waals surface area contributed by atoms with Crippen LogP contribution in [0.1, 0.15) is 33.3 Å². The zero-order chi connectivity index (χ0) is 19.2. The van der Waals surface area contributed by atoms with Crippen LogP contribution in [0, 0.1) is 6.92 Å². The summed E-state index contributed by atoms with van der Waals surface area (Å²) < 4.78 is 10.4. The van der Waals surface area contributed by atoms with Gasteiger partial charge in [-0.05, 0) is 26.0 Å². The van der Waals surface area contributed by atoms with E-state index in [9.17, 15) is 9.59 Å². The van der Waals surface area contributed by atoms with Gasteiger partial charge in [-0.15, -0.1) is 10.2 Å². The normalized spacial score (nSPS) is 10.3. The van der Waals surface area contributed by atoms with Crippen molar-refractivity contribution in [1.29, 1.82) is 0 Å². The predicted molar refractivity (Wildman–Crippen MR) is 99.6 cm³/mol. The van der Waals surface area contributed by atoms with E-state index in [0.29, 0.717) is 11.3 Å². The van der Waals surface area contributed by atoms with E-state index in [2.05, 4.69) is 10.2 Å². The average molecular weight is 362 g/mol. The van der Waals surface area contributed by atoms with Crippen molar-refractivity contribution in [1.82, 2.24) is 10.2 Å². The molecule has 0 aliphatic heterocycles. The number of ether oxygens (including phenoxy) is 2. The Bertz CT molecular complexity index is 954. The molecule has 6 nitrogen and oxygen atoms in total. The molecule has 0 saturated heterocycles. The number of carbonyl (C=O) groups excluding carboxylic acids is 2. The smallest absolute Gasteiger partial charge is 0.362 e. The summed E-state index contributed by atoms with van der Waals surface area (Å²) in [6.07, 6.45) is 0. The van der Waals surface area contributed by atoms with Crippen molar-refractivity contribution in [3.05, 3.63) is 77.5 Å². The maximum Gasteiger partial charge on any atom is 0.362 e. The van der Waals surface area contributed by atoms with Crippen LogP contribution in [0.25, 0.3) is 11.3 Å². The van der Waals surface area contributed by atoms with Crippen LogP contribution in [0.3, 0.4) is 0 Å². The van der Waals surface area contributed by atoms with Crippen LogP contribution in [-0.4, -0.2) is 28.7 Å². The number of benzene rings is 2. The highest BCUT2D eigenvalue weighted by Gasteiger charge is 2.21. The fourth-order valence-corrected chi connectivity index (χ4v) is 2.39. The first kappa shape index (κ1) is 18.3. The Morgan fingerprint density at radius 3 is 2.30 bits per heavy atom. The van der Waals surface area contributed by atoms with Crippen LogP contribution in [0.4, 0.5) is 0 Å². The lowest BCUT2D eigenvalue weighted by Gasteiger charge is -2.10. The molecule has 0 saturated carbocycles. The number of esters is 2. The average Bonchev–Trinajstić information content (AvgIpc) is 2.69. The number of hydrogen-bond acceptors (Lipinski definition) is 6. The van der Waals surface area contributed by atoms with Gasteiger partial charge in [0.15, 0.2) is 5.75 Å². The van der Waals surface area contributed by atoms with Gasteiger partial charge in [0.2, 0.25) is 5.69 Å². The molecular weight excluding hydrogens is 344 g/mol. The summed E-state index contributed by atoms with van der Waals surface area (Å²) in [6.45, 7) is 3.78. The van der Waals surface area contributed by atoms with Crippen molar-refractivity contribution in [3.63, 3.8) is 0 Å². The molecule has 0 unspecified atom stereocenters. The molecule has 0 N–H and O–H groups in total. The molecule has 0 aliphatic carbocycles. The van der Waals surface area contributed by atoms with Crippen molar-refractivity contribution < 1.29 is 19.1 Å². The van der Waals surface area contributed by atoms with Crippen LogP contribution in [0.2, 0.25) is 0 Å². The van der Waals surface area contributed by atoms with E-state index in [1.165, 1.54) is 6.07 Å². The Labute approximate surface area is 156 Å². The number of aromatic nitrogens is 2. The summed E-state index contributed by atoms with van der Waals surface area (Å²) in [6, 6.07) is 17.7. The van der Waals surface area contributed by atoms with E-state index in [0.717, 1.165) is 11.1 Å². The largest absolute Gasteiger partial charge is 0.461 e. The second-order valence-corrected chi connectivity index (χ2v) is 5.78. The SMILES string of the molecule is CCOC(=O)c1nnc(-c2ccccc2)cc1OC(=O)c1ccc(C)cc1. The fourth-order valence-electron chi connectivity index (χ4n) is 2.39. The molecule has 2 aromatic carbocycles. The molecule has 0 radical (unpaired) electrons. The Morgan fingerprint density at radius 1 is 0.926 bits per heavy atom. The topological polar surface area (TPSA) is 78.4 Å². The minimum Gasteiger partial charge on any atom is -0.461 e. The van der Waals surface area contributed by atoms with E-state index in [4.69, 9.17) is 9.47 Å². The van der Waals surface area contributed by atoms with Crippen molar-refractivity contribution >= 4 is 11.9 Å². The first-order chi connectivity index (χ1) is 13.1. The van der Waals surface area contributed by atoms with Gasteiger partial charge in [0.25, 0.3) is 0 Å². The first-order valence-corrected chi connectivity index (χ1v) is 8.47. The molecule has 0 bridgehead atoms. The molecular formula is C21H18N2O4. The summed E-state index contributed by atoms with van der Waals surface area (Å²) in [5.41, 5.74) is 2.52. The Hall–Kier alpha value is -3.54. The van der Waals surface area contributed by atoms with Gasteiger partial charge in [-0.3, -0.25) is 0 Å². The summed E-state index contributed by atoms with van der Waals surface area (Å²) >= 11 is 0. The van der Waals surface area contributed by atoms with Crippen molar-refractivity contribution in [2.45, 2.75) is 13.8 Å². The molecule has 136 valence electrons. The van der Waals surface area contributed by atoms with E-state index < -0.39 is 11.9 Å². The lowest BCUT2D eigenvalue weighted by Crippen LogP contribution is -2.15. The quantitative estimate of drug-likeness (QED) is 0.642. The molecule has 0 fully saturated rings. The van der Waals surface area contributed by atoms with Crippen molar-refractivity contribution in [3.8, 4) is 17.0 Å². The molecule has 0 aliphatic rings. The Balaban J connectivity index is 1.97. The molecule has 0 atom stereocenters. The molecule has 1 heterocycles. The third-order valence-corrected chi connectivity index (χ3v) is 3.79. The van der Waals surface area contributed by atoms with Gasteiger partial charge in [0, 0.05) is 11.6 Å². The van der Waals surface area contributed by atoms with Gasteiger partial charge in [-0.2, -0.15) is 0 Å². The maximum atomic E-state index is 12.5. The van der Waals surface area contributed by atoms with Crippen LogP contribution < -0.4 is 4.74 Å². The van der Waals surface area contributed by atoms with Gasteiger partial charge < -0.3 is 9.47 Å². The van der Waals surface area contributed by atoms with E-state index in [-0.39, 0.29) is 18.1 Å². The first-order valence-electron chi connectivity index (χ1n) is 8.47. The van der Waals surface area contributed by atoms with Gasteiger partial charge in [0.05, 0.1) is 17.9 Å². The van der Waals surface area contributed by atoms with E-state index in [1.54, 1.807) is 19.1 Å². The standard InChI is InChI=1S/C21H18N2O4/c1-3-26-21(25)19-18(27-20(24)16-11-9-14(2)10-12-16)13-17(22-23-19)15-7-5-4-6-8-15/h4-13H,3H2,1-2H3. The zero-order valence-corrected chi connectivity index (χ0v) is 15.0.